The van der Waals surface area contributed by atoms with Gasteiger partial charge < -0.3 is 15.4 Å². The van der Waals surface area contributed by atoms with Gasteiger partial charge in [0.25, 0.3) is 0 Å². The van der Waals surface area contributed by atoms with E-state index < -0.39 is 0 Å². The van der Waals surface area contributed by atoms with Crippen LogP contribution in [0, 0.1) is 0 Å². The average Bonchev–Trinajstić information content (AvgIpc) is 2.53. The predicted molar refractivity (Wildman–Crippen MR) is 84.5 cm³/mol. The van der Waals surface area contributed by atoms with Crippen molar-refractivity contribution in [3.8, 4) is 5.75 Å². The number of hydrogen-bond donors (Lipinski definition) is 2. The van der Waals surface area contributed by atoms with Crippen LogP contribution in [0.15, 0.2) is 54.6 Å². The number of nitrogens with one attached hydrogen (secondary N) is 2. The van der Waals surface area contributed by atoms with Crippen LogP contribution in [0.5, 0.6) is 5.75 Å². The van der Waals surface area contributed by atoms with Gasteiger partial charge in [0.1, 0.15) is 11.8 Å². The highest BCUT2D eigenvalue weighted by molar-refractivity contribution is 5.95. The molecular formula is C17H20N2O2. The van der Waals surface area contributed by atoms with Crippen LogP contribution >= 0.6 is 0 Å². The smallest absolute Gasteiger partial charge is 0.246 e. The van der Waals surface area contributed by atoms with Crippen LogP contribution in [0.3, 0.4) is 0 Å². The van der Waals surface area contributed by atoms with Crippen molar-refractivity contribution < 1.29 is 9.53 Å². The summed E-state index contributed by atoms with van der Waals surface area (Å²) in [7, 11) is 1.60. The number of carbonyl (C=O) groups is 1. The normalized spacial score (nSPS) is 11.7. The molecule has 0 heterocycles. The van der Waals surface area contributed by atoms with Crippen molar-refractivity contribution in [2.75, 3.05) is 19.0 Å². The Labute approximate surface area is 125 Å². The fourth-order valence-corrected chi connectivity index (χ4v) is 2.13. The van der Waals surface area contributed by atoms with Gasteiger partial charge in [-0.3, -0.25) is 4.79 Å². The summed E-state index contributed by atoms with van der Waals surface area (Å²) in [6.07, 6.45) is 0. The first kappa shape index (κ1) is 15.1. The average molecular weight is 284 g/mol. The van der Waals surface area contributed by atoms with Gasteiger partial charge in [-0.05, 0) is 24.2 Å². The predicted octanol–water partition coefficient (Wildman–Crippen LogP) is 2.98. The maximum atomic E-state index is 12.5. The lowest BCUT2D eigenvalue weighted by Crippen LogP contribution is -2.32. The summed E-state index contributed by atoms with van der Waals surface area (Å²) in [6, 6.07) is 16.6. The molecule has 0 saturated carbocycles. The Kier molecular flexibility index (Phi) is 5.35. The summed E-state index contributed by atoms with van der Waals surface area (Å²) >= 11 is 0. The molecular weight excluding hydrogens is 264 g/mol. The van der Waals surface area contributed by atoms with Crippen molar-refractivity contribution >= 4 is 11.6 Å². The maximum Gasteiger partial charge on any atom is 0.246 e. The van der Waals surface area contributed by atoms with Crippen LogP contribution < -0.4 is 15.4 Å². The molecule has 2 aromatic rings. The molecule has 0 radical (unpaired) electrons. The van der Waals surface area contributed by atoms with E-state index in [0.717, 1.165) is 11.3 Å². The molecule has 0 aliphatic rings. The lowest BCUT2D eigenvalue weighted by atomic mass is 10.1. The molecule has 0 spiro atoms. The van der Waals surface area contributed by atoms with Gasteiger partial charge >= 0.3 is 0 Å². The van der Waals surface area contributed by atoms with E-state index in [1.807, 2.05) is 55.5 Å². The molecule has 2 N–H and O–H groups in total. The Bertz CT molecular complexity index is 584. The third-order valence-corrected chi connectivity index (χ3v) is 3.14. The van der Waals surface area contributed by atoms with E-state index in [4.69, 9.17) is 4.74 Å². The summed E-state index contributed by atoms with van der Waals surface area (Å²) in [6.45, 7) is 2.69. The Morgan fingerprint density at radius 3 is 2.57 bits per heavy atom. The quantitative estimate of drug-likeness (QED) is 0.857. The van der Waals surface area contributed by atoms with E-state index in [2.05, 4.69) is 10.6 Å². The molecule has 21 heavy (non-hydrogen) atoms. The van der Waals surface area contributed by atoms with Crippen molar-refractivity contribution in [2.45, 2.75) is 13.0 Å². The van der Waals surface area contributed by atoms with Crippen LogP contribution in [-0.4, -0.2) is 19.6 Å². The first-order valence-corrected chi connectivity index (χ1v) is 6.98. The zero-order chi connectivity index (χ0) is 15.1. The SMILES string of the molecule is CCN[C@@H](C(=O)Nc1cccc(OC)c1)c1ccccc1. The number of anilines is 1. The van der Waals surface area contributed by atoms with Gasteiger partial charge in [0.05, 0.1) is 7.11 Å². The molecule has 0 unspecified atom stereocenters. The fourth-order valence-electron chi connectivity index (χ4n) is 2.13. The summed E-state index contributed by atoms with van der Waals surface area (Å²) in [4.78, 5) is 12.5. The number of benzene rings is 2. The monoisotopic (exact) mass is 284 g/mol. The largest absolute Gasteiger partial charge is 0.497 e. The van der Waals surface area contributed by atoms with Crippen LogP contribution in [0.2, 0.25) is 0 Å². The number of ether oxygens (including phenoxy) is 1. The van der Waals surface area contributed by atoms with Crippen LogP contribution in [0.1, 0.15) is 18.5 Å². The molecule has 0 aliphatic carbocycles. The molecule has 2 aromatic carbocycles. The molecule has 1 atom stereocenters. The van der Waals surface area contributed by atoms with Gasteiger partial charge in [-0.2, -0.15) is 0 Å². The number of carbonyl (C=O) groups excluding carboxylic acids is 1. The van der Waals surface area contributed by atoms with Crippen molar-refractivity contribution in [2.24, 2.45) is 0 Å². The van der Waals surface area contributed by atoms with E-state index >= 15 is 0 Å². The summed E-state index contributed by atoms with van der Waals surface area (Å²) < 4.78 is 5.16. The van der Waals surface area contributed by atoms with E-state index in [-0.39, 0.29) is 11.9 Å². The topological polar surface area (TPSA) is 50.4 Å². The molecule has 0 saturated heterocycles. The number of amides is 1. The van der Waals surface area contributed by atoms with E-state index in [9.17, 15) is 4.79 Å². The van der Waals surface area contributed by atoms with Gasteiger partial charge in [-0.15, -0.1) is 0 Å². The zero-order valence-corrected chi connectivity index (χ0v) is 12.3. The number of rotatable bonds is 6. The van der Waals surface area contributed by atoms with Crippen LogP contribution in [0.4, 0.5) is 5.69 Å². The second-order valence-corrected chi connectivity index (χ2v) is 4.62. The zero-order valence-electron chi connectivity index (χ0n) is 12.3. The number of likely N-dealkylation sites (N-methyl/N-ethyl adjacent to an activating group) is 1. The van der Waals surface area contributed by atoms with Crippen LogP contribution in [-0.2, 0) is 4.79 Å². The van der Waals surface area contributed by atoms with E-state index in [1.54, 1.807) is 13.2 Å². The Balaban J connectivity index is 2.15. The number of methoxy groups -OCH3 is 1. The minimum Gasteiger partial charge on any atom is -0.497 e. The first-order chi connectivity index (χ1) is 10.2. The highest BCUT2D eigenvalue weighted by atomic mass is 16.5. The molecule has 1 amide bonds. The molecule has 0 bridgehead atoms. The molecule has 0 fully saturated rings. The Morgan fingerprint density at radius 2 is 1.90 bits per heavy atom. The van der Waals surface area contributed by atoms with E-state index in [1.165, 1.54) is 0 Å². The molecule has 110 valence electrons. The van der Waals surface area contributed by atoms with Gasteiger partial charge in [-0.25, -0.2) is 0 Å². The third-order valence-electron chi connectivity index (χ3n) is 3.14. The Hall–Kier alpha value is -2.33. The summed E-state index contributed by atoms with van der Waals surface area (Å²) in [5.41, 5.74) is 1.66. The number of hydrogen-bond acceptors (Lipinski definition) is 3. The fraction of sp³-hybridized carbons (Fsp3) is 0.235. The Morgan fingerprint density at radius 1 is 1.14 bits per heavy atom. The minimum atomic E-state index is -0.373. The van der Waals surface area contributed by atoms with Crippen molar-refractivity contribution in [1.29, 1.82) is 0 Å². The van der Waals surface area contributed by atoms with Gasteiger partial charge in [0.15, 0.2) is 0 Å². The van der Waals surface area contributed by atoms with Gasteiger partial charge in [0, 0.05) is 11.8 Å². The third kappa shape index (κ3) is 4.07. The van der Waals surface area contributed by atoms with Crippen molar-refractivity contribution in [3.05, 3.63) is 60.2 Å². The molecule has 0 aromatic heterocycles. The second kappa shape index (κ2) is 7.45. The lowest BCUT2D eigenvalue weighted by molar-refractivity contribution is -0.118. The lowest BCUT2D eigenvalue weighted by Gasteiger charge is -2.18. The van der Waals surface area contributed by atoms with Gasteiger partial charge in [0.2, 0.25) is 5.91 Å². The molecule has 0 aliphatic heterocycles. The van der Waals surface area contributed by atoms with Crippen molar-refractivity contribution in [3.63, 3.8) is 0 Å². The van der Waals surface area contributed by atoms with E-state index in [0.29, 0.717) is 12.3 Å². The van der Waals surface area contributed by atoms with Crippen LogP contribution in [0.25, 0.3) is 0 Å². The summed E-state index contributed by atoms with van der Waals surface area (Å²) in [5, 5.41) is 6.12. The minimum absolute atomic E-state index is 0.0868. The molecule has 4 nitrogen and oxygen atoms in total. The maximum absolute atomic E-state index is 12.5. The van der Waals surface area contributed by atoms with Crippen molar-refractivity contribution in [1.82, 2.24) is 5.32 Å². The van der Waals surface area contributed by atoms with Gasteiger partial charge in [-0.1, -0.05) is 43.3 Å². The first-order valence-electron chi connectivity index (χ1n) is 6.98. The molecule has 2 rings (SSSR count). The highest BCUT2D eigenvalue weighted by Crippen LogP contribution is 2.19. The summed E-state index contributed by atoms with van der Waals surface area (Å²) in [5.74, 6) is 0.629. The standard InChI is InChI=1S/C17H20N2O2/c1-3-18-16(13-8-5-4-6-9-13)17(20)19-14-10-7-11-15(12-14)21-2/h4-12,16,18H,3H2,1-2H3,(H,19,20)/t16-/m1/s1. The second-order valence-electron chi connectivity index (χ2n) is 4.62. The molecule has 4 heteroatoms. The highest BCUT2D eigenvalue weighted by Gasteiger charge is 2.19.